The third-order valence-electron chi connectivity index (χ3n) is 4.87. The Labute approximate surface area is 165 Å². The number of benzene rings is 1. The number of nitrogens with one attached hydrogen (secondary N) is 3. The number of amides is 1. The minimum absolute atomic E-state index is 0.141. The highest BCUT2D eigenvalue weighted by Gasteiger charge is 2.32. The summed E-state index contributed by atoms with van der Waals surface area (Å²) in [5, 5.41) is 7.57. The zero-order valence-electron chi connectivity index (χ0n) is 16.9. The molecule has 3 rings (SSSR count). The summed E-state index contributed by atoms with van der Waals surface area (Å²) in [5.74, 6) is -0.281. The van der Waals surface area contributed by atoms with Gasteiger partial charge in [-0.05, 0) is 51.8 Å². The smallest absolute Gasteiger partial charge is 0.407 e. The number of ether oxygens (including phenoxy) is 2. The van der Waals surface area contributed by atoms with Gasteiger partial charge in [0.25, 0.3) is 0 Å². The second-order valence-electron chi connectivity index (χ2n) is 8.11. The van der Waals surface area contributed by atoms with E-state index < -0.39 is 11.7 Å². The number of rotatable bonds is 5. The van der Waals surface area contributed by atoms with Gasteiger partial charge in [0.2, 0.25) is 0 Å². The van der Waals surface area contributed by atoms with Crippen molar-refractivity contribution < 1.29 is 19.1 Å². The van der Waals surface area contributed by atoms with Crippen LogP contribution in [-0.2, 0) is 20.7 Å². The molecule has 1 aromatic heterocycles. The molecular formula is C21H29N3O4. The molecule has 1 aromatic carbocycles. The average molecular weight is 387 g/mol. The van der Waals surface area contributed by atoms with Crippen molar-refractivity contribution in [3.8, 4) is 0 Å². The van der Waals surface area contributed by atoms with E-state index in [-0.39, 0.29) is 24.5 Å². The number of aromatic nitrogens is 1. The van der Waals surface area contributed by atoms with Crippen LogP contribution in [0.1, 0.15) is 50.9 Å². The first-order valence-corrected chi connectivity index (χ1v) is 9.67. The minimum Gasteiger partial charge on any atom is -0.460 e. The van der Waals surface area contributed by atoms with Crippen molar-refractivity contribution in [3.05, 3.63) is 35.5 Å². The van der Waals surface area contributed by atoms with Gasteiger partial charge in [0, 0.05) is 23.0 Å². The van der Waals surface area contributed by atoms with E-state index >= 15 is 0 Å². The quantitative estimate of drug-likeness (QED) is 0.685. The van der Waals surface area contributed by atoms with E-state index in [9.17, 15) is 9.59 Å². The van der Waals surface area contributed by atoms with Gasteiger partial charge < -0.3 is 25.1 Å². The van der Waals surface area contributed by atoms with E-state index in [0.29, 0.717) is 6.42 Å². The number of aromatic amines is 1. The molecule has 7 nitrogen and oxygen atoms in total. The van der Waals surface area contributed by atoms with Crippen molar-refractivity contribution in [2.45, 2.75) is 57.7 Å². The zero-order valence-corrected chi connectivity index (χ0v) is 16.9. The Bertz CT molecular complexity index is 853. The second-order valence-corrected chi connectivity index (χ2v) is 8.11. The van der Waals surface area contributed by atoms with Gasteiger partial charge in [-0.25, -0.2) is 4.79 Å². The summed E-state index contributed by atoms with van der Waals surface area (Å²) in [4.78, 5) is 27.6. The summed E-state index contributed by atoms with van der Waals surface area (Å²) in [7, 11) is 1.34. The van der Waals surface area contributed by atoms with Crippen LogP contribution in [0.25, 0.3) is 10.9 Å². The predicted octanol–water partition coefficient (Wildman–Crippen LogP) is 3.20. The maximum absolute atomic E-state index is 12.2. The van der Waals surface area contributed by atoms with Crippen LogP contribution in [0, 0.1) is 0 Å². The van der Waals surface area contributed by atoms with E-state index in [4.69, 9.17) is 9.47 Å². The number of para-hydroxylation sites is 1. The molecule has 1 aliphatic rings. The first-order chi connectivity index (χ1) is 13.3. The fourth-order valence-electron chi connectivity index (χ4n) is 3.75. The molecule has 7 heteroatoms. The third-order valence-corrected chi connectivity index (χ3v) is 4.87. The number of alkyl carbamates (subject to hydrolysis) is 1. The lowest BCUT2D eigenvalue weighted by molar-refractivity contribution is -0.155. The first-order valence-electron chi connectivity index (χ1n) is 9.67. The number of fused-ring (bicyclic) bond motifs is 3. The average Bonchev–Trinajstić information content (AvgIpc) is 3.02. The van der Waals surface area contributed by atoms with Gasteiger partial charge in [-0.1, -0.05) is 18.2 Å². The van der Waals surface area contributed by atoms with Gasteiger partial charge in [0.15, 0.2) is 0 Å². The van der Waals surface area contributed by atoms with E-state index in [1.165, 1.54) is 18.1 Å². The van der Waals surface area contributed by atoms with Crippen molar-refractivity contribution in [3.63, 3.8) is 0 Å². The lowest BCUT2D eigenvalue weighted by Crippen LogP contribution is -2.47. The van der Waals surface area contributed by atoms with Gasteiger partial charge in [-0.3, -0.25) is 4.79 Å². The number of hydrogen-bond donors (Lipinski definition) is 3. The minimum atomic E-state index is -0.532. The lowest BCUT2D eigenvalue weighted by Gasteiger charge is -2.32. The van der Waals surface area contributed by atoms with Crippen molar-refractivity contribution >= 4 is 23.0 Å². The van der Waals surface area contributed by atoms with Crippen LogP contribution in [-0.4, -0.2) is 42.3 Å². The molecular weight excluding hydrogens is 358 g/mol. The highest BCUT2D eigenvalue weighted by atomic mass is 16.6. The highest BCUT2D eigenvalue weighted by Crippen LogP contribution is 2.32. The molecule has 28 heavy (non-hydrogen) atoms. The third kappa shape index (κ3) is 4.65. The molecule has 2 heterocycles. The van der Waals surface area contributed by atoms with Gasteiger partial charge in [0.05, 0.1) is 19.2 Å². The second kappa shape index (κ2) is 8.22. The number of carbonyl (C=O) groups excluding carboxylic acids is 2. The van der Waals surface area contributed by atoms with Crippen LogP contribution >= 0.6 is 0 Å². The Morgan fingerprint density at radius 2 is 2.04 bits per heavy atom. The SMILES string of the molecule is COC(=O)N[C@@H](CCC(=O)OC(C)(C)C)[C@H]1NCCc2c1[nH]c1ccccc21. The number of esters is 1. The molecule has 0 radical (unpaired) electrons. The Hall–Kier alpha value is -2.54. The Balaban J connectivity index is 1.83. The topological polar surface area (TPSA) is 92.4 Å². The van der Waals surface area contributed by atoms with Crippen LogP contribution in [0.3, 0.4) is 0 Å². The van der Waals surface area contributed by atoms with Crippen molar-refractivity contribution in [2.75, 3.05) is 13.7 Å². The van der Waals surface area contributed by atoms with Crippen LogP contribution in [0.4, 0.5) is 4.79 Å². The van der Waals surface area contributed by atoms with E-state index in [0.717, 1.165) is 24.2 Å². The standard InChI is InChI=1S/C21H29N3O4/c1-21(2,3)28-17(25)10-9-16(24-20(26)27-4)19-18-14(11-12-22-19)13-7-5-6-8-15(13)23-18/h5-8,16,19,22-23H,9-12H2,1-4H3,(H,24,26)/t16-,19+/m0/s1. The highest BCUT2D eigenvalue weighted by molar-refractivity contribution is 5.85. The molecule has 0 bridgehead atoms. The van der Waals surface area contributed by atoms with Crippen molar-refractivity contribution in [1.29, 1.82) is 0 Å². The fourth-order valence-corrected chi connectivity index (χ4v) is 3.75. The molecule has 1 aliphatic heterocycles. The van der Waals surface area contributed by atoms with Crippen LogP contribution < -0.4 is 10.6 Å². The molecule has 0 fully saturated rings. The van der Waals surface area contributed by atoms with Crippen molar-refractivity contribution in [1.82, 2.24) is 15.6 Å². The molecule has 2 atom stereocenters. The number of methoxy groups -OCH3 is 1. The van der Waals surface area contributed by atoms with Gasteiger partial charge in [-0.15, -0.1) is 0 Å². The number of H-pyrrole nitrogens is 1. The fraction of sp³-hybridized carbons (Fsp3) is 0.524. The summed E-state index contributed by atoms with van der Waals surface area (Å²) in [6.07, 6.45) is 1.04. The molecule has 152 valence electrons. The number of hydrogen-bond acceptors (Lipinski definition) is 5. The Morgan fingerprint density at radius 1 is 1.29 bits per heavy atom. The van der Waals surface area contributed by atoms with Crippen LogP contribution in [0.5, 0.6) is 0 Å². The first kappa shape index (κ1) is 20.2. The van der Waals surface area contributed by atoms with Crippen LogP contribution in [0.2, 0.25) is 0 Å². The van der Waals surface area contributed by atoms with Gasteiger partial charge in [-0.2, -0.15) is 0 Å². The molecule has 0 saturated carbocycles. The summed E-state index contributed by atoms with van der Waals surface area (Å²) in [6.45, 7) is 6.32. The zero-order chi connectivity index (χ0) is 20.3. The molecule has 0 saturated heterocycles. The predicted molar refractivity (Wildman–Crippen MR) is 107 cm³/mol. The van der Waals surface area contributed by atoms with Gasteiger partial charge in [0.1, 0.15) is 5.60 Å². The molecule has 0 aliphatic carbocycles. The summed E-state index contributed by atoms with van der Waals surface area (Å²) in [6, 6.07) is 7.73. The maximum Gasteiger partial charge on any atom is 0.407 e. The Kier molecular flexibility index (Phi) is 5.93. The molecule has 2 aromatic rings. The van der Waals surface area contributed by atoms with E-state index in [2.05, 4.69) is 21.7 Å². The molecule has 0 spiro atoms. The van der Waals surface area contributed by atoms with Gasteiger partial charge >= 0.3 is 12.1 Å². The van der Waals surface area contributed by atoms with E-state index in [1.54, 1.807) is 0 Å². The number of carbonyl (C=O) groups is 2. The summed E-state index contributed by atoms with van der Waals surface area (Å²) in [5.41, 5.74) is 2.85. The molecule has 1 amide bonds. The lowest BCUT2D eigenvalue weighted by atomic mass is 9.92. The summed E-state index contributed by atoms with van der Waals surface area (Å²) >= 11 is 0. The van der Waals surface area contributed by atoms with E-state index in [1.807, 2.05) is 39.0 Å². The monoisotopic (exact) mass is 387 g/mol. The largest absolute Gasteiger partial charge is 0.460 e. The normalized spacial score (nSPS) is 17.6. The Morgan fingerprint density at radius 3 is 2.75 bits per heavy atom. The molecule has 3 N–H and O–H groups in total. The summed E-state index contributed by atoms with van der Waals surface area (Å²) < 4.78 is 10.2. The van der Waals surface area contributed by atoms with Crippen molar-refractivity contribution in [2.24, 2.45) is 0 Å². The van der Waals surface area contributed by atoms with Crippen LogP contribution in [0.15, 0.2) is 24.3 Å². The maximum atomic E-state index is 12.2. The molecule has 0 unspecified atom stereocenters.